The number of ether oxygens (including phenoxy) is 3. The Balaban J connectivity index is 0.999. The molecule has 5 heterocycles. The number of aromatic nitrogens is 5. The quantitative estimate of drug-likeness (QED) is 0.116. The largest absolute Gasteiger partial charge is 0.453 e. The standard InChI is InChI=1S/C41H47N9O7S/c1-24(55-3)35(48-41(54)56-4)39(52)50-18-6-8-33(50)37-44-21-31(47-37)28-15-11-26(12-16-28)25-9-13-27(14-10-25)30-20-43-36(46-30)32-7-5-17-49(32)38(51)34(57-40(53)42-2)19-29-22-58-23-45-29/h9-16,20-24,32-35H,5-8,17-19H2,1-4H3,(H,42,53)(H,43,46)(H,44,47)(H,48,54)/t24-,32+,33+,34+,35+/m1/s1. The maximum atomic E-state index is 13.7. The van der Waals surface area contributed by atoms with E-state index in [1.807, 2.05) is 29.6 Å². The van der Waals surface area contributed by atoms with Gasteiger partial charge in [0.2, 0.25) is 5.91 Å². The molecule has 5 aromatic rings. The molecule has 58 heavy (non-hydrogen) atoms. The zero-order valence-electron chi connectivity index (χ0n) is 32.8. The Bertz CT molecular complexity index is 2190. The first-order chi connectivity index (χ1) is 28.2. The second kappa shape index (κ2) is 18.0. The van der Waals surface area contributed by atoms with Gasteiger partial charge in [-0.25, -0.2) is 24.5 Å². The monoisotopic (exact) mass is 809 g/mol. The average molecular weight is 810 g/mol. The Morgan fingerprint density at radius 1 is 0.793 bits per heavy atom. The number of benzene rings is 2. The van der Waals surface area contributed by atoms with E-state index in [4.69, 9.17) is 14.2 Å². The Morgan fingerprint density at radius 2 is 1.33 bits per heavy atom. The van der Waals surface area contributed by atoms with Crippen molar-refractivity contribution in [1.82, 2.24) is 45.4 Å². The fraction of sp³-hybridized carbons (Fsp3) is 0.390. The van der Waals surface area contributed by atoms with Crippen LogP contribution >= 0.6 is 11.3 Å². The van der Waals surface area contributed by atoms with E-state index in [9.17, 15) is 19.2 Å². The molecule has 17 heteroatoms. The summed E-state index contributed by atoms with van der Waals surface area (Å²) >= 11 is 1.42. The van der Waals surface area contributed by atoms with E-state index in [0.717, 1.165) is 59.3 Å². The number of hydrogen-bond donors (Lipinski definition) is 4. The van der Waals surface area contributed by atoms with E-state index < -0.39 is 30.4 Å². The van der Waals surface area contributed by atoms with Gasteiger partial charge in [0.15, 0.2) is 6.10 Å². The third kappa shape index (κ3) is 8.74. The molecule has 2 fully saturated rings. The second-order valence-corrected chi connectivity index (χ2v) is 15.0. The van der Waals surface area contributed by atoms with Crippen LogP contribution in [0, 0.1) is 0 Å². The lowest BCUT2D eigenvalue weighted by Crippen LogP contribution is -2.54. The van der Waals surface area contributed by atoms with Crippen LogP contribution in [0.5, 0.6) is 0 Å². The van der Waals surface area contributed by atoms with Crippen molar-refractivity contribution in [2.75, 3.05) is 34.4 Å². The summed E-state index contributed by atoms with van der Waals surface area (Å²) in [6, 6.07) is 14.9. The van der Waals surface area contributed by atoms with Crippen LogP contribution < -0.4 is 10.6 Å². The van der Waals surface area contributed by atoms with Crippen molar-refractivity contribution in [2.45, 2.75) is 69.4 Å². The van der Waals surface area contributed by atoms with Gasteiger partial charge in [-0.2, -0.15) is 0 Å². The predicted octanol–water partition coefficient (Wildman–Crippen LogP) is 5.64. The zero-order valence-corrected chi connectivity index (χ0v) is 33.6. The molecule has 2 aromatic carbocycles. The summed E-state index contributed by atoms with van der Waals surface area (Å²) in [4.78, 5) is 75.5. The summed E-state index contributed by atoms with van der Waals surface area (Å²) < 4.78 is 15.6. The van der Waals surface area contributed by atoms with Crippen molar-refractivity contribution in [3.8, 4) is 33.6 Å². The minimum atomic E-state index is -1.00. The smallest absolute Gasteiger partial charge is 0.407 e. The molecule has 3 aromatic heterocycles. The van der Waals surface area contributed by atoms with Crippen molar-refractivity contribution in [3.63, 3.8) is 0 Å². The predicted molar refractivity (Wildman–Crippen MR) is 215 cm³/mol. The fourth-order valence-corrected chi connectivity index (χ4v) is 8.15. The van der Waals surface area contributed by atoms with E-state index in [0.29, 0.717) is 30.4 Å². The minimum Gasteiger partial charge on any atom is -0.453 e. The number of alkyl carbamates (subject to hydrolysis) is 2. The van der Waals surface area contributed by atoms with Gasteiger partial charge in [0.05, 0.1) is 60.3 Å². The van der Waals surface area contributed by atoms with Crippen LogP contribution in [0.15, 0.2) is 71.8 Å². The molecule has 2 aliphatic rings. The van der Waals surface area contributed by atoms with E-state index in [1.54, 1.807) is 34.6 Å². The maximum absolute atomic E-state index is 13.7. The number of carbonyl (C=O) groups excluding carboxylic acids is 4. The highest BCUT2D eigenvalue weighted by atomic mass is 32.1. The van der Waals surface area contributed by atoms with Crippen LogP contribution in [0.3, 0.4) is 0 Å². The third-order valence-electron chi connectivity index (χ3n) is 10.8. The number of amides is 4. The van der Waals surface area contributed by atoms with Crippen LogP contribution in [0.2, 0.25) is 0 Å². The highest BCUT2D eigenvalue weighted by Crippen LogP contribution is 2.35. The van der Waals surface area contributed by atoms with Crippen LogP contribution in [0.4, 0.5) is 9.59 Å². The average Bonchev–Trinajstić information content (AvgIpc) is 4.11. The first kappa shape index (κ1) is 40.1. The molecular formula is C41H47N9O7S. The molecule has 0 radical (unpaired) electrons. The second-order valence-electron chi connectivity index (χ2n) is 14.3. The van der Waals surface area contributed by atoms with Crippen molar-refractivity contribution in [1.29, 1.82) is 0 Å². The van der Waals surface area contributed by atoms with Crippen molar-refractivity contribution < 1.29 is 33.4 Å². The van der Waals surface area contributed by atoms with Crippen LogP contribution in [-0.4, -0.2) is 111 Å². The Hall–Kier alpha value is -6.07. The lowest BCUT2D eigenvalue weighted by molar-refractivity contribution is -0.141. The number of thiazole rings is 1. The molecule has 4 amide bonds. The van der Waals surface area contributed by atoms with Crippen molar-refractivity contribution in [2.24, 2.45) is 0 Å². The molecule has 0 aliphatic carbocycles. The van der Waals surface area contributed by atoms with Crippen LogP contribution in [0.25, 0.3) is 33.6 Å². The zero-order chi connectivity index (χ0) is 40.8. The summed E-state index contributed by atoms with van der Waals surface area (Å²) in [5, 5.41) is 6.90. The van der Waals surface area contributed by atoms with E-state index in [-0.39, 0.29) is 30.3 Å². The van der Waals surface area contributed by atoms with Gasteiger partial charge in [-0.3, -0.25) is 9.59 Å². The molecular weight excluding hydrogens is 763 g/mol. The number of imidazole rings is 2. The van der Waals surface area contributed by atoms with Gasteiger partial charge in [-0.1, -0.05) is 48.5 Å². The molecule has 4 N–H and O–H groups in total. The number of hydrogen-bond acceptors (Lipinski definition) is 11. The van der Waals surface area contributed by atoms with Gasteiger partial charge in [0.1, 0.15) is 17.7 Å². The first-order valence-corrected chi connectivity index (χ1v) is 20.2. The Labute approximate surface area is 339 Å². The van der Waals surface area contributed by atoms with Gasteiger partial charge >= 0.3 is 12.2 Å². The number of methoxy groups -OCH3 is 2. The van der Waals surface area contributed by atoms with Crippen molar-refractivity contribution >= 4 is 35.3 Å². The van der Waals surface area contributed by atoms with E-state index >= 15 is 0 Å². The number of nitrogens with one attached hydrogen (secondary N) is 4. The molecule has 304 valence electrons. The molecule has 7 rings (SSSR count). The van der Waals surface area contributed by atoms with Gasteiger partial charge in [0, 0.05) is 39.0 Å². The molecule has 0 bridgehead atoms. The van der Waals surface area contributed by atoms with Gasteiger partial charge in [0.25, 0.3) is 5.91 Å². The number of H-pyrrole nitrogens is 2. The number of likely N-dealkylation sites (tertiary alicyclic amines) is 2. The van der Waals surface area contributed by atoms with E-state index in [1.165, 1.54) is 32.6 Å². The molecule has 0 saturated carbocycles. The topological polar surface area (TPSA) is 197 Å². The number of carbonyl (C=O) groups is 4. The normalized spacial score (nSPS) is 18.1. The fourth-order valence-electron chi connectivity index (χ4n) is 7.58. The number of rotatable bonds is 13. The highest BCUT2D eigenvalue weighted by molar-refractivity contribution is 7.07. The van der Waals surface area contributed by atoms with Crippen LogP contribution in [0.1, 0.15) is 62.0 Å². The van der Waals surface area contributed by atoms with Gasteiger partial charge < -0.3 is 44.6 Å². The summed E-state index contributed by atoms with van der Waals surface area (Å²) in [5.41, 5.74) is 8.02. The molecule has 5 atom stereocenters. The van der Waals surface area contributed by atoms with Crippen LogP contribution in [-0.2, 0) is 30.2 Å². The van der Waals surface area contributed by atoms with Gasteiger partial charge in [-0.05, 0) is 54.9 Å². The lowest BCUT2D eigenvalue weighted by atomic mass is 10.0. The number of aromatic amines is 2. The van der Waals surface area contributed by atoms with Gasteiger partial charge in [-0.15, -0.1) is 11.3 Å². The molecule has 0 unspecified atom stereocenters. The summed E-state index contributed by atoms with van der Waals surface area (Å²) in [5.74, 6) is 0.842. The Morgan fingerprint density at radius 3 is 1.81 bits per heavy atom. The van der Waals surface area contributed by atoms with E-state index in [2.05, 4.69) is 59.8 Å². The summed E-state index contributed by atoms with van der Waals surface area (Å²) in [6.07, 6.45) is 3.92. The summed E-state index contributed by atoms with van der Waals surface area (Å²) in [6.45, 7) is 2.80. The third-order valence-corrected chi connectivity index (χ3v) is 11.4. The molecule has 2 aliphatic heterocycles. The lowest BCUT2D eigenvalue weighted by Gasteiger charge is -2.30. The molecule has 16 nitrogen and oxygen atoms in total. The Kier molecular flexibility index (Phi) is 12.5. The summed E-state index contributed by atoms with van der Waals surface area (Å²) in [7, 11) is 4.21. The SMILES string of the molecule is CNC(=O)O[C@@H](Cc1cscn1)C(=O)N1CCC[C@H]1c1ncc(-c2ccc(-c3ccc(-c4cnc([C@@H]5CCCN5C(=O)[C@@H](NC(=O)OC)[C@@H](C)OC)[nH]4)cc3)cc2)[nH]1. The first-order valence-electron chi connectivity index (χ1n) is 19.2. The van der Waals surface area contributed by atoms with Crippen molar-refractivity contribution in [3.05, 3.63) is 89.2 Å². The molecule has 2 saturated heterocycles. The highest BCUT2D eigenvalue weighted by Gasteiger charge is 2.39. The minimum absolute atomic E-state index is 0.194. The maximum Gasteiger partial charge on any atom is 0.407 e. The number of nitrogens with zero attached hydrogens (tertiary/aromatic N) is 5. The molecule has 0 spiro atoms.